The van der Waals surface area contributed by atoms with Crippen LogP contribution in [0, 0.1) is 0 Å². The molecule has 100 valence electrons. The van der Waals surface area contributed by atoms with Crippen LogP contribution in [0.2, 0.25) is 0 Å². The van der Waals surface area contributed by atoms with Crippen LogP contribution in [0.4, 0.5) is 8.78 Å². The van der Waals surface area contributed by atoms with Crippen LogP contribution in [-0.2, 0) is 6.42 Å². The minimum absolute atomic E-state index is 0.0840. The van der Waals surface area contributed by atoms with E-state index in [1.807, 2.05) is 0 Å². The van der Waals surface area contributed by atoms with Crippen LogP contribution in [0.5, 0.6) is 5.75 Å². The molecule has 1 aromatic carbocycles. The van der Waals surface area contributed by atoms with Gasteiger partial charge in [0.2, 0.25) is 0 Å². The summed E-state index contributed by atoms with van der Waals surface area (Å²) < 4.78 is 29.1. The van der Waals surface area contributed by atoms with Gasteiger partial charge in [0.25, 0.3) is 0 Å². The fraction of sp³-hybridized carbons (Fsp3) is 0.286. The number of rotatable bonds is 5. The second-order valence-electron chi connectivity index (χ2n) is 4.04. The molecule has 2 aromatic rings. The molecule has 0 bridgehead atoms. The molecule has 0 atom stereocenters. The van der Waals surface area contributed by atoms with Crippen LogP contribution in [0.15, 0.2) is 36.7 Å². The molecule has 0 N–H and O–H groups in total. The average Bonchev–Trinajstić information content (AvgIpc) is 2.40. The van der Waals surface area contributed by atoms with Crippen molar-refractivity contribution in [1.29, 1.82) is 0 Å². The molecule has 5 heteroatoms. The summed E-state index contributed by atoms with van der Waals surface area (Å²) >= 11 is 0. The van der Waals surface area contributed by atoms with E-state index in [1.165, 1.54) is 6.07 Å². The predicted molar refractivity (Wildman–Crippen MR) is 68.1 cm³/mol. The van der Waals surface area contributed by atoms with Gasteiger partial charge in [-0.2, -0.15) is 8.78 Å². The van der Waals surface area contributed by atoms with Crippen molar-refractivity contribution in [1.82, 2.24) is 9.97 Å². The van der Waals surface area contributed by atoms with E-state index in [4.69, 9.17) is 0 Å². The number of nitrogens with zero attached hydrogens (tertiary/aromatic N) is 2. The molecule has 0 amide bonds. The van der Waals surface area contributed by atoms with E-state index in [1.54, 1.807) is 30.6 Å². The molecule has 0 saturated carbocycles. The van der Waals surface area contributed by atoms with E-state index in [9.17, 15) is 8.78 Å². The van der Waals surface area contributed by atoms with Gasteiger partial charge in [0, 0.05) is 12.4 Å². The summed E-state index contributed by atoms with van der Waals surface area (Å²) in [5.41, 5.74) is 1.49. The topological polar surface area (TPSA) is 35.0 Å². The summed E-state index contributed by atoms with van der Waals surface area (Å²) in [5, 5.41) is 0. The van der Waals surface area contributed by atoms with Crippen LogP contribution in [0.1, 0.15) is 18.9 Å². The maximum Gasteiger partial charge on any atom is 0.387 e. The Morgan fingerprint density at radius 2 is 1.84 bits per heavy atom. The summed E-state index contributed by atoms with van der Waals surface area (Å²) in [6, 6.07) is 6.50. The van der Waals surface area contributed by atoms with Gasteiger partial charge in [-0.15, -0.1) is 0 Å². The first-order chi connectivity index (χ1) is 9.20. The quantitative estimate of drug-likeness (QED) is 0.826. The van der Waals surface area contributed by atoms with Crippen molar-refractivity contribution in [3.8, 4) is 17.1 Å². The number of aryl methyl sites for hydroxylation is 1. The molecular weight excluding hydrogens is 250 g/mol. The van der Waals surface area contributed by atoms with Crippen LogP contribution in [0.3, 0.4) is 0 Å². The van der Waals surface area contributed by atoms with Crippen LogP contribution >= 0.6 is 0 Å². The minimum atomic E-state index is -2.86. The van der Waals surface area contributed by atoms with E-state index in [0.717, 1.165) is 18.4 Å². The molecule has 0 fully saturated rings. The molecule has 0 aliphatic rings. The molecule has 1 heterocycles. The molecule has 19 heavy (non-hydrogen) atoms. The predicted octanol–water partition coefficient (Wildman–Crippen LogP) is 3.70. The van der Waals surface area contributed by atoms with Gasteiger partial charge >= 0.3 is 6.61 Å². The molecule has 2 rings (SSSR count). The van der Waals surface area contributed by atoms with E-state index in [0.29, 0.717) is 11.4 Å². The molecule has 0 aliphatic heterocycles. The minimum Gasteiger partial charge on any atom is -0.434 e. The van der Waals surface area contributed by atoms with Crippen molar-refractivity contribution < 1.29 is 13.5 Å². The lowest BCUT2D eigenvalue weighted by Gasteiger charge is -2.09. The highest BCUT2D eigenvalue weighted by atomic mass is 19.3. The lowest BCUT2D eigenvalue weighted by atomic mass is 10.1. The van der Waals surface area contributed by atoms with Crippen LogP contribution in [-0.4, -0.2) is 16.6 Å². The summed E-state index contributed by atoms with van der Waals surface area (Å²) in [4.78, 5) is 8.40. The zero-order chi connectivity index (χ0) is 13.7. The summed E-state index contributed by atoms with van der Waals surface area (Å²) in [7, 11) is 0. The van der Waals surface area contributed by atoms with Gasteiger partial charge in [-0.1, -0.05) is 25.5 Å². The molecule has 0 unspecified atom stereocenters. The van der Waals surface area contributed by atoms with Crippen molar-refractivity contribution in [3.05, 3.63) is 42.2 Å². The van der Waals surface area contributed by atoms with Gasteiger partial charge in [0.15, 0.2) is 5.82 Å². The van der Waals surface area contributed by atoms with Crippen molar-refractivity contribution >= 4 is 0 Å². The van der Waals surface area contributed by atoms with Crippen molar-refractivity contribution in [3.63, 3.8) is 0 Å². The standard InChI is InChI=1S/C14H14F2N2O/c1-2-5-10-8-17-13(18-9-10)11-6-3-4-7-12(11)19-14(15)16/h3-4,6-9,14H,2,5H2,1H3. The number of alkyl halides is 2. The highest BCUT2D eigenvalue weighted by Gasteiger charge is 2.12. The van der Waals surface area contributed by atoms with Crippen LogP contribution < -0.4 is 4.74 Å². The molecule has 1 aromatic heterocycles. The fourth-order valence-electron chi connectivity index (χ4n) is 1.76. The monoisotopic (exact) mass is 264 g/mol. The lowest BCUT2D eigenvalue weighted by Crippen LogP contribution is -2.04. The Morgan fingerprint density at radius 3 is 2.47 bits per heavy atom. The average molecular weight is 264 g/mol. The highest BCUT2D eigenvalue weighted by Crippen LogP contribution is 2.28. The van der Waals surface area contributed by atoms with Gasteiger partial charge < -0.3 is 4.74 Å². The largest absolute Gasteiger partial charge is 0.434 e. The Kier molecular flexibility index (Phi) is 4.39. The number of aromatic nitrogens is 2. The Morgan fingerprint density at radius 1 is 1.16 bits per heavy atom. The first-order valence-electron chi connectivity index (χ1n) is 6.06. The second-order valence-corrected chi connectivity index (χ2v) is 4.04. The van der Waals surface area contributed by atoms with E-state index < -0.39 is 6.61 Å². The third-order valence-corrected chi connectivity index (χ3v) is 2.59. The Bertz CT molecular complexity index is 529. The van der Waals surface area contributed by atoms with Crippen molar-refractivity contribution in [2.45, 2.75) is 26.4 Å². The lowest BCUT2D eigenvalue weighted by molar-refractivity contribution is -0.0494. The molecule has 0 saturated heterocycles. The van der Waals surface area contributed by atoms with Crippen LogP contribution in [0.25, 0.3) is 11.4 Å². The second kappa shape index (κ2) is 6.22. The van der Waals surface area contributed by atoms with Crippen molar-refractivity contribution in [2.24, 2.45) is 0 Å². The maximum atomic E-state index is 12.3. The Hall–Kier alpha value is -2.04. The molecular formula is C14H14F2N2O. The zero-order valence-corrected chi connectivity index (χ0v) is 10.5. The molecule has 0 spiro atoms. The number of hydrogen-bond donors (Lipinski definition) is 0. The van der Waals surface area contributed by atoms with Crippen molar-refractivity contribution in [2.75, 3.05) is 0 Å². The number of para-hydroxylation sites is 1. The Labute approximate surface area is 110 Å². The fourth-order valence-corrected chi connectivity index (χ4v) is 1.76. The smallest absolute Gasteiger partial charge is 0.387 e. The summed E-state index contributed by atoms with van der Waals surface area (Å²) in [6.45, 7) is -0.791. The molecule has 0 radical (unpaired) electrons. The van der Waals surface area contributed by atoms with Gasteiger partial charge in [0.05, 0.1) is 5.56 Å². The zero-order valence-electron chi connectivity index (χ0n) is 10.5. The first-order valence-corrected chi connectivity index (χ1v) is 6.06. The molecule has 3 nitrogen and oxygen atoms in total. The normalized spacial score (nSPS) is 10.7. The van der Waals surface area contributed by atoms with Gasteiger partial charge in [-0.25, -0.2) is 9.97 Å². The number of benzene rings is 1. The van der Waals surface area contributed by atoms with E-state index >= 15 is 0 Å². The van der Waals surface area contributed by atoms with E-state index in [2.05, 4.69) is 21.6 Å². The number of hydrogen-bond acceptors (Lipinski definition) is 3. The van der Waals surface area contributed by atoms with Gasteiger partial charge in [-0.05, 0) is 24.1 Å². The Balaban J connectivity index is 2.30. The summed E-state index contributed by atoms with van der Waals surface area (Å²) in [6.07, 6.45) is 5.33. The highest BCUT2D eigenvalue weighted by molar-refractivity contribution is 5.63. The van der Waals surface area contributed by atoms with Gasteiger partial charge in [-0.3, -0.25) is 0 Å². The maximum absolute atomic E-state index is 12.3. The third-order valence-electron chi connectivity index (χ3n) is 2.59. The number of ether oxygens (including phenoxy) is 1. The SMILES string of the molecule is CCCc1cnc(-c2ccccc2OC(F)F)nc1. The summed E-state index contributed by atoms with van der Waals surface area (Å²) in [5.74, 6) is 0.469. The van der Waals surface area contributed by atoms with E-state index in [-0.39, 0.29) is 5.75 Å². The van der Waals surface area contributed by atoms with Gasteiger partial charge in [0.1, 0.15) is 5.75 Å². The first kappa shape index (κ1) is 13.4. The third kappa shape index (κ3) is 3.47. The number of halogens is 2. The molecule has 0 aliphatic carbocycles.